The summed E-state index contributed by atoms with van der Waals surface area (Å²) in [4.78, 5) is 38.7. The van der Waals surface area contributed by atoms with E-state index in [2.05, 4.69) is 21.2 Å². The summed E-state index contributed by atoms with van der Waals surface area (Å²) in [5.74, 6) is -0.617. The highest BCUT2D eigenvalue weighted by Crippen LogP contribution is 2.31. The number of carbonyl (C=O) groups is 3. The number of carbonyl (C=O) groups excluding carboxylic acids is 3. The molecule has 34 heavy (non-hydrogen) atoms. The van der Waals surface area contributed by atoms with Crippen molar-refractivity contribution >= 4 is 57.1 Å². The molecule has 9 heteroatoms. The van der Waals surface area contributed by atoms with E-state index in [9.17, 15) is 14.4 Å². The van der Waals surface area contributed by atoms with Crippen LogP contribution in [0.5, 0.6) is 11.5 Å². The van der Waals surface area contributed by atoms with Gasteiger partial charge in [0.2, 0.25) is 0 Å². The maximum Gasteiger partial charge on any atom is 0.335 e. The average molecular weight is 542 g/mol. The van der Waals surface area contributed by atoms with Gasteiger partial charge in [0.25, 0.3) is 11.8 Å². The standard InChI is InChI=1S/C25H18BrClN2O5/c1-33-22-12-16(7-10-21(22)34-14-15-5-8-17(26)9-6-15)11-20-23(30)28-25(32)29(24(20)31)19-4-2-3-18(27)13-19/h2-13H,14H2,1H3,(H,28,30,32)/b20-11+. The lowest BCUT2D eigenvalue weighted by atomic mass is 10.1. The summed E-state index contributed by atoms with van der Waals surface area (Å²) in [6.45, 7) is 0.335. The lowest BCUT2D eigenvalue weighted by Gasteiger charge is -2.26. The van der Waals surface area contributed by atoms with E-state index in [-0.39, 0.29) is 11.3 Å². The summed E-state index contributed by atoms with van der Waals surface area (Å²) in [5, 5.41) is 2.54. The van der Waals surface area contributed by atoms with Crippen LogP contribution >= 0.6 is 27.5 Å². The molecule has 3 aromatic rings. The highest BCUT2D eigenvalue weighted by atomic mass is 79.9. The predicted molar refractivity (Wildman–Crippen MR) is 132 cm³/mol. The molecule has 0 radical (unpaired) electrons. The number of nitrogens with one attached hydrogen (secondary N) is 1. The monoisotopic (exact) mass is 540 g/mol. The highest BCUT2D eigenvalue weighted by Gasteiger charge is 2.36. The number of barbiturate groups is 1. The number of amides is 4. The minimum Gasteiger partial charge on any atom is -0.493 e. The van der Waals surface area contributed by atoms with Crippen LogP contribution in [0, 0.1) is 0 Å². The van der Waals surface area contributed by atoms with Crippen molar-refractivity contribution in [3.05, 3.63) is 92.9 Å². The number of imide groups is 2. The van der Waals surface area contributed by atoms with E-state index in [4.69, 9.17) is 21.1 Å². The maximum absolute atomic E-state index is 13.0. The number of hydrogen-bond donors (Lipinski definition) is 1. The average Bonchev–Trinajstić information content (AvgIpc) is 2.81. The normalized spacial score (nSPS) is 14.9. The first-order chi connectivity index (χ1) is 16.4. The van der Waals surface area contributed by atoms with Gasteiger partial charge in [-0.1, -0.05) is 51.8 Å². The number of ether oxygens (including phenoxy) is 2. The van der Waals surface area contributed by atoms with E-state index in [1.807, 2.05) is 24.3 Å². The van der Waals surface area contributed by atoms with Gasteiger partial charge < -0.3 is 9.47 Å². The van der Waals surface area contributed by atoms with E-state index < -0.39 is 17.8 Å². The van der Waals surface area contributed by atoms with Crippen LogP contribution in [0.25, 0.3) is 6.08 Å². The fourth-order valence-electron chi connectivity index (χ4n) is 3.31. The Hall–Kier alpha value is -3.62. The van der Waals surface area contributed by atoms with Gasteiger partial charge in [-0.2, -0.15) is 0 Å². The van der Waals surface area contributed by atoms with Crippen LogP contribution in [-0.2, 0) is 16.2 Å². The molecule has 172 valence electrons. The van der Waals surface area contributed by atoms with Gasteiger partial charge in [-0.15, -0.1) is 0 Å². The van der Waals surface area contributed by atoms with E-state index in [1.54, 1.807) is 36.4 Å². The fourth-order valence-corrected chi connectivity index (χ4v) is 3.76. The second-order valence-corrected chi connectivity index (χ2v) is 8.62. The molecule has 1 heterocycles. The zero-order chi connectivity index (χ0) is 24.2. The third-order valence-electron chi connectivity index (χ3n) is 4.97. The summed E-state index contributed by atoms with van der Waals surface area (Å²) in [6, 6.07) is 18.2. The van der Waals surface area contributed by atoms with Crippen molar-refractivity contribution in [2.45, 2.75) is 6.61 Å². The van der Waals surface area contributed by atoms with Gasteiger partial charge >= 0.3 is 6.03 Å². The van der Waals surface area contributed by atoms with Gasteiger partial charge in [0.05, 0.1) is 12.8 Å². The lowest BCUT2D eigenvalue weighted by Crippen LogP contribution is -2.54. The molecule has 0 bridgehead atoms. The molecule has 1 saturated heterocycles. The van der Waals surface area contributed by atoms with Crippen LogP contribution in [-0.4, -0.2) is 25.0 Å². The Balaban J connectivity index is 1.59. The first-order valence-electron chi connectivity index (χ1n) is 10.1. The van der Waals surface area contributed by atoms with Gasteiger partial charge in [-0.3, -0.25) is 14.9 Å². The minimum atomic E-state index is -0.844. The molecule has 3 aromatic carbocycles. The largest absolute Gasteiger partial charge is 0.493 e. The van der Waals surface area contributed by atoms with E-state index in [0.717, 1.165) is 14.9 Å². The Kier molecular flexibility index (Phi) is 7.00. The molecule has 0 saturated carbocycles. The summed E-state index contributed by atoms with van der Waals surface area (Å²) in [6.07, 6.45) is 1.39. The molecule has 7 nitrogen and oxygen atoms in total. The van der Waals surface area contributed by atoms with Crippen LogP contribution < -0.4 is 19.7 Å². The molecular formula is C25H18BrClN2O5. The number of anilines is 1. The quantitative estimate of drug-likeness (QED) is 0.336. The number of halogens is 2. The molecular weight excluding hydrogens is 524 g/mol. The zero-order valence-electron chi connectivity index (χ0n) is 17.9. The lowest BCUT2D eigenvalue weighted by molar-refractivity contribution is -0.122. The number of methoxy groups -OCH3 is 1. The van der Waals surface area contributed by atoms with Gasteiger partial charge in [0.1, 0.15) is 12.2 Å². The highest BCUT2D eigenvalue weighted by molar-refractivity contribution is 9.10. The van der Waals surface area contributed by atoms with E-state index >= 15 is 0 Å². The summed E-state index contributed by atoms with van der Waals surface area (Å²) >= 11 is 9.39. The molecule has 0 aliphatic carbocycles. The number of rotatable bonds is 6. The second-order valence-electron chi connectivity index (χ2n) is 7.26. The Labute approximate surface area is 209 Å². The van der Waals surface area contributed by atoms with E-state index in [1.165, 1.54) is 19.3 Å². The number of benzene rings is 3. The topological polar surface area (TPSA) is 84.9 Å². The Bertz CT molecular complexity index is 1310. The number of urea groups is 1. The molecule has 1 aliphatic rings. The zero-order valence-corrected chi connectivity index (χ0v) is 20.2. The third-order valence-corrected chi connectivity index (χ3v) is 5.74. The number of hydrogen-bond acceptors (Lipinski definition) is 5. The molecule has 0 aromatic heterocycles. The van der Waals surface area contributed by atoms with Crippen LogP contribution in [0.2, 0.25) is 5.02 Å². The second kappa shape index (κ2) is 10.1. The minimum absolute atomic E-state index is 0.204. The molecule has 4 rings (SSSR count). The third kappa shape index (κ3) is 5.13. The van der Waals surface area contributed by atoms with Crippen LogP contribution in [0.4, 0.5) is 10.5 Å². The first kappa shape index (κ1) is 23.5. The molecule has 1 fully saturated rings. The van der Waals surface area contributed by atoms with Gasteiger partial charge in [-0.25, -0.2) is 9.69 Å². The Morgan fingerprint density at radius 2 is 1.76 bits per heavy atom. The van der Waals surface area contributed by atoms with Crippen molar-refractivity contribution in [1.29, 1.82) is 0 Å². The molecule has 0 unspecified atom stereocenters. The molecule has 4 amide bonds. The van der Waals surface area contributed by atoms with Crippen molar-refractivity contribution in [3.63, 3.8) is 0 Å². The smallest absolute Gasteiger partial charge is 0.335 e. The van der Waals surface area contributed by atoms with Crippen LogP contribution in [0.1, 0.15) is 11.1 Å². The SMILES string of the molecule is COc1cc(/C=C2\C(=O)NC(=O)N(c3cccc(Cl)c3)C2=O)ccc1OCc1ccc(Br)cc1. The van der Waals surface area contributed by atoms with Gasteiger partial charge in [0, 0.05) is 9.50 Å². The summed E-state index contributed by atoms with van der Waals surface area (Å²) < 4.78 is 12.3. The molecule has 1 aliphatic heterocycles. The van der Waals surface area contributed by atoms with E-state index in [0.29, 0.717) is 28.7 Å². The van der Waals surface area contributed by atoms with Gasteiger partial charge in [0.15, 0.2) is 11.5 Å². The first-order valence-corrected chi connectivity index (χ1v) is 11.2. The summed E-state index contributed by atoms with van der Waals surface area (Å²) in [7, 11) is 1.50. The van der Waals surface area contributed by atoms with Crippen molar-refractivity contribution < 1.29 is 23.9 Å². The van der Waals surface area contributed by atoms with Crippen molar-refractivity contribution in [2.75, 3.05) is 12.0 Å². The van der Waals surface area contributed by atoms with Crippen molar-refractivity contribution in [2.24, 2.45) is 0 Å². The maximum atomic E-state index is 13.0. The molecule has 1 N–H and O–H groups in total. The Morgan fingerprint density at radius 3 is 2.47 bits per heavy atom. The predicted octanol–water partition coefficient (Wildman–Crippen LogP) is 5.36. The van der Waals surface area contributed by atoms with Crippen LogP contribution in [0.15, 0.2) is 76.8 Å². The molecule has 0 atom stereocenters. The fraction of sp³-hybridized carbons (Fsp3) is 0.0800. The van der Waals surface area contributed by atoms with Gasteiger partial charge in [-0.05, 0) is 59.7 Å². The van der Waals surface area contributed by atoms with Crippen LogP contribution in [0.3, 0.4) is 0 Å². The number of nitrogens with zero attached hydrogens (tertiary/aromatic N) is 1. The Morgan fingerprint density at radius 1 is 1.00 bits per heavy atom. The van der Waals surface area contributed by atoms with Crippen molar-refractivity contribution in [1.82, 2.24) is 5.32 Å². The molecule has 0 spiro atoms. The van der Waals surface area contributed by atoms with Crippen molar-refractivity contribution in [3.8, 4) is 11.5 Å². The summed E-state index contributed by atoms with van der Waals surface area (Å²) in [5.41, 5.74) is 1.55.